The third kappa shape index (κ3) is 4.57. The minimum absolute atomic E-state index is 0.129. The lowest BCUT2D eigenvalue weighted by Crippen LogP contribution is -2.24. The first kappa shape index (κ1) is 22.9. The molecule has 1 N–H and O–H groups in total. The zero-order chi connectivity index (χ0) is 25.1. The van der Waals surface area contributed by atoms with E-state index in [9.17, 15) is 14.7 Å². The van der Waals surface area contributed by atoms with E-state index < -0.39 is 0 Å². The average molecular weight is 478 g/mol. The van der Waals surface area contributed by atoms with Gasteiger partial charge >= 0.3 is 5.97 Å². The number of hydrogen-bond acceptors (Lipinski definition) is 5. The minimum Gasteiger partial charge on any atom is -0.508 e. The Kier molecular flexibility index (Phi) is 6.24. The molecule has 1 aromatic heterocycles. The number of phenols is 1. The van der Waals surface area contributed by atoms with E-state index >= 15 is 0 Å². The largest absolute Gasteiger partial charge is 0.508 e. The zero-order valence-electron chi connectivity index (χ0n) is 19.5. The molecular formula is C30H23NO5. The van der Waals surface area contributed by atoms with E-state index in [1.807, 2.05) is 42.5 Å². The summed E-state index contributed by atoms with van der Waals surface area (Å²) >= 11 is 0. The molecule has 6 heteroatoms. The molecule has 0 radical (unpaired) electrons. The quantitative estimate of drug-likeness (QED) is 0.260. The van der Waals surface area contributed by atoms with Crippen LogP contribution in [0.5, 0.6) is 5.75 Å². The van der Waals surface area contributed by atoms with E-state index in [4.69, 9.17) is 9.15 Å². The summed E-state index contributed by atoms with van der Waals surface area (Å²) in [6.07, 6.45) is 3.54. The van der Waals surface area contributed by atoms with Crippen LogP contribution in [0.2, 0.25) is 0 Å². The van der Waals surface area contributed by atoms with Crippen molar-refractivity contribution in [3.8, 4) is 17.1 Å². The number of amides is 1. The van der Waals surface area contributed by atoms with Crippen LogP contribution in [0.1, 0.15) is 28.6 Å². The Morgan fingerprint density at radius 3 is 2.33 bits per heavy atom. The predicted octanol–water partition coefficient (Wildman–Crippen LogP) is 6.30. The van der Waals surface area contributed by atoms with Gasteiger partial charge in [0.15, 0.2) is 0 Å². The first-order valence-corrected chi connectivity index (χ1v) is 11.5. The van der Waals surface area contributed by atoms with E-state index in [1.54, 1.807) is 72.5 Å². The van der Waals surface area contributed by atoms with Crippen molar-refractivity contribution in [3.63, 3.8) is 0 Å². The Morgan fingerprint density at radius 2 is 1.64 bits per heavy atom. The molecule has 0 unspecified atom stereocenters. The second-order valence-corrected chi connectivity index (χ2v) is 8.15. The minimum atomic E-state index is -0.368. The summed E-state index contributed by atoms with van der Waals surface area (Å²) < 4.78 is 11.0. The van der Waals surface area contributed by atoms with E-state index in [-0.39, 0.29) is 17.6 Å². The van der Waals surface area contributed by atoms with E-state index in [0.717, 1.165) is 16.8 Å². The lowest BCUT2D eigenvalue weighted by Gasteiger charge is -2.20. The number of aromatic hydroxyl groups is 1. The highest BCUT2D eigenvalue weighted by Crippen LogP contribution is 2.36. The van der Waals surface area contributed by atoms with Gasteiger partial charge in [0.05, 0.1) is 17.9 Å². The zero-order valence-corrected chi connectivity index (χ0v) is 19.5. The molecule has 0 fully saturated rings. The van der Waals surface area contributed by atoms with Gasteiger partial charge in [-0.15, -0.1) is 0 Å². The van der Waals surface area contributed by atoms with Crippen LogP contribution in [-0.2, 0) is 9.53 Å². The number of nitrogens with zero attached hydrogens (tertiary/aromatic N) is 1. The topological polar surface area (TPSA) is 80.0 Å². The summed E-state index contributed by atoms with van der Waals surface area (Å²) in [4.78, 5) is 27.0. The highest BCUT2D eigenvalue weighted by Gasteiger charge is 2.30. The molecule has 1 amide bonds. The summed E-state index contributed by atoms with van der Waals surface area (Å²) in [6, 6.07) is 26.8. The first-order valence-electron chi connectivity index (χ1n) is 11.5. The van der Waals surface area contributed by atoms with Gasteiger partial charge in [0.1, 0.15) is 17.3 Å². The summed E-state index contributed by atoms with van der Waals surface area (Å²) in [5.74, 6) is 0.707. The maximum absolute atomic E-state index is 13.5. The maximum Gasteiger partial charge on any atom is 0.338 e. The molecule has 5 rings (SSSR count). The van der Waals surface area contributed by atoms with Gasteiger partial charge < -0.3 is 14.3 Å². The average Bonchev–Trinajstić information content (AvgIpc) is 3.50. The van der Waals surface area contributed by atoms with Crippen molar-refractivity contribution >= 4 is 29.3 Å². The van der Waals surface area contributed by atoms with E-state index in [2.05, 4.69) is 0 Å². The van der Waals surface area contributed by atoms with Crippen LogP contribution >= 0.6 is 0 Å². The van der Waals surface area contributed by atoms with Crippen LogP contribution in [0.15, 0.2) is 107 Å². The standard InChI is InChI=1S/C30H23NO5/c1-2-35-30(34)22-10-8-21(9-11-22)28-17-16-26(36-28)18-23-19-27(20-6-4-3-5-7-20)31(29(23)33)24-12-14-25(32)15-13-24/h3-19,32H,2H2,1H3/b23-18+. The number of anilines is 1. The predicted molar refractivity (Wildman–Crippen MR) is 138 cm³/mol. The van der Waals surface area contributed by atoms with E-state index in [0.29, 0.717) is 35.0 Å². The molecule has 0 saturated carbocycles. The fourth-order valence-electron chi connectivity index (χ4n) is 4.02. The summed E-state index contributed by atoms with van der Waals surface area (Å²) in [5.41, 5.74) is 4.03. The molecule has 0 atom stereocenters. The molecule has 3 aromatic carbocycles. The van der Waals surface area contributed by atoms with Crippen LogP contribution in [0.3, 0.4) is 0 Å². The molecule has 4 aromatic rings. The number of carbonyl (C=O) groups is 2. The lowest BCUT2D eigenvalue weighted by molar-refractivity contribution is -0.113. The first-order chi connectivity index (χ1) is 17.5. The molecule has 0 bridgehead atoms. The van der Waals surface area contributed by atoms with Crippen molar-refractivity contribution in [2.24, 2.45) is 0 Å². The number of rotatable bonds is 6. The van der Waals surface area contributed by atoms with Crippen molar-refractivity contribution < 1.29 is 23.8 Å². The van der Waals surface area contributed by atoms with Gasteiger partial charge in [-0.05, 0) is 73.2 Å². The highest BCUT2D eigenvalue weighted by molar-refractivity contribution is 6.23. The van der Waals surface area contributed by atoms with Crippen molar-refractivity contribution in [2.75, 3.05) is 11.5 Å². The van der Waals surface area contributed by atoms with Gasteiger partial charge in [-0.2, -0.15) is 0 Å². The SMILES string of the molecule is CCOC(=O)c1ccc(-c2ccc(/C=C3\C=C(c4ccccc4)N(c4ccc(O)cc4)C3=O)o2)cc1. The van der Waals surface area contributed by atoms with Crippen LogP contribution in [-0.4, -0.2) is 23.6 Å². The van der Waals surface area contributed by atoms with Gasteiger partial charge in [-0.1, -0.05) is 42.5 Å². The smallest absolute Gasteiger partial charge is 0.338 e. The Hall–Kier alpha value is -4.84. The fourth-order valence-corrected chi connectivity index (χ4v) is 4.02. The summed E-state index contributed by atoms with van der Waals surface area (Å²) in [7, 11) is 0. The lowest BCUT2D eigenvalue weighted by atomic mass is 10.1. The van der Waals surface area contributed by atoms with Crippen molar-refractivity contribution in [2.45, 2.75) is 6.92 Å². The second-order valence-electron chi connectivity index (χ2n) is 8.15. The van der Waals surface area contributed by atoms with Crippen LogP contribution in [0.4, 0.5) is 5.69 Å². The molecule has 0 aliphatic carbocycles. The molecule has 36 heavy (non-hydrogen) atoms. The Bertz CT molecular complexity index is 1460. The van der Waals surface area contributed by atoms with Gasteiger partial charge in [0.2, 0.25) is 0 Å². The molecular weight excluding hydrogens is 454 g/mol. The highest BCUT2D eigenvalue weighted by atomic mass is 16.5. The molecule has 178 valence electrons. The van der Waals surface area contributed by atoms with Gasteiger partial charge in [-0.3, -0.25) is 9.69 Å². The van der Waals surface area contributed by atoms with Crippen LogP contribution in [0.25, 0.3) is 23.1 Å². The normalized spacial score (nSPS) is 14.2. The Balaban J connectivity index is 1.46. The molecule has 2 heterocycles. The van der Waals surface area contributed by atoms with Crippen molar-refractivity contribution in [1.82, 2.24) is 0 Å². The number of furan rings is 1. The number of hydrogen-bond donors (Lipinski definition) is 1. The molecule has 1 aliphatic heterocycles. The van der Waals surface area contributed by atoms with Crippen molar-refractivity contribution in [1.29, 1.82) is 0 Å². The van der Waals surface area contributed by atoms with E-state index in [1.165, 1.54) is 0 Å². The molecule has 1 aliphatic rings. The number of ether oxygens (including phenoxy) is 1. The second kappa shape index (κ2) is 9.80. The third-order valence-electron chi connectivity index (χ3n) is 5.77. The van der Waals surface area contributed by atoms with Crippen LogP contribution < -0.4 is 4.90 Å². The maximum atomic E-state index is 13.5. The summed E-state index contributed by atoms with van der Waals surface area (Å²) in [5, 5.41) is 9.69. The summed E-state index contributed by atoms with van der Waals surface area (Å²) in [6.45, 7) is 2.09. The molecule has 0 saturated heterocycles. The number of esters is 1. The van der Waals surface area contributed by atoms with Gasteiger partial charge in [0.25, 0.3) is 5.91 Å². The number of carbonyl (C=O) groups excluding carboxylic acids is 2. The van der Waals surface area contributed by atoms with Crippen LogP contribution in [0, 0.1) is 0 Å². The molecule has 6 nitrogen and oxygen atoms in total. The Labute approximate surface area is 208 Å². The third-order valence-corrected chi connectivity index (χ3v) is 5.77. The monoisotopic (exact) mass is 477 g/mol. The fraction of sp³-hybridized carbons (Fsp3) is 0.0667. The van der Waals surface area contributed by atoms with Crippen molar-refractivity contribution in [3.05, 3.63) is 120 Å². The number of phenolic OH excluding ortho intramolecular Hbond substituents is 1. The molecule has 0 spiro atoms. The Morgan fingerprint density at radius 1 is 0.917 bits per heavy atom. The van der Waals surface area contributed by atoms with Gasteiger partial charge in [0, 0.05) is 16.8 Å². The van der Waals surface area contributed by atoms with Gasteiger partial charge in [-0.25, -0.2) is 4.79 Å². The number of benzene rings is 3.